The van der Waals surface area contributed by atoms with Crippen molar-refractivity contribution in [3.63, 3.8) is 0 Å². The third-order valence-electron chi connectivity index (χ3n) is 5.07. The van der Waals surface area contributed by atoms with Gasteiger partial charge in [0.2, 0.25) is 0 Å². The van der Waals surface area contributed by atoms with E-state index in [1.807, 2.05) is 0 Å². The van der Waals surface area contributed by atoms with E-state index in [1.165, 1.54) is 32.1 Å². The highest BCUT2D eigenvalue weighted by atomic mass is 32.2. The fourth-order valence-electron chi connectivity index (χ4n) is 3.59. The van der Waals surface area contributed by atoms with Crippen molar-refractivity contribution in [3.8, 4) is 0 Å². The zero-order chi connectivity index (χ0) is 14.2. The molecule has 1 N–H and O–H groups in total. The molecule has 1 heterocycles. The average Bonchev–Trinajstić information content (AvgIpc) is 2.96. The van der Waals surface area contributed by atoms with Gasteiger partial charge in [-0.15, -0.1) is 0 Å². The second-order valence-corrected chi connectivity index (χ2v) is 8.71. The molecule has 0 amide bonds. The van der Waals surface area contributed by atoms with Crippen molar-refractivity contribution in [2.24, 2.45) is 11.8 Å². The first kappa shape index (κ1) is 14.8. The molecule has 0 radical (unpaired) electrons. The van der Waals surface area contributed by atoms with Gasteiger partial charge in [-0.1, -0.05) is 6.42 Å². The largest absolute Gasteiger partial charge is 0.314 e. The lowest BCUT2D eigenvalue weighted by molar-refractivity contribution is 0.375. The van der Waals surface area contributed by atoms with Crippen LogP contribution in [0.25, 0.3) is 0 Å². The molecule has 116 valence electrons. The first-order chi connectivity index (χ1) is 9.57. The predicted octanol–water partition coefficient (Wildman–Crippen LogP) is 1.04. The van der Waals surface area contributed by atoms with Gasteiger partial charge in [0, 0.05) is 32.7 Å². The summed E-state index contributed by atoms with van der Waals surface area (Å²) in [7, 11) is -1.50. The molecule has 1 aliphatic heterocycles. The Hall–Kier alpha value is -0.170. The highest BCUT2D eigenvalue weighted by molar-refractivity contribution is 7.86. The van der Waals surface area contributed by atoms with Gasteiger partial charge in [-0.25, -0.2) is 0 Å². The van der Waals surface area contributed by atoms with Gasteiger partial charge in [0.25, 0.3) is 10.2 Å². The molecule has 3 rings (SSSR count). The smallest absolute Gasteiger partial charge is 0.281 e. The third kappa shape index (κ3) is 3.18. The quantitative estimate of drug-likeness (QED) is 0.715. The molecule has 5 nitrogen and oxygen atoms in total. The summed E-state index contributed by atoms with van der Waals surface area (Å²) >= 11 is 0. The van der Waals surface area contributed by atoms with Crippen molar-refractivity contribution < 1.29 is 8.42 Å². The molecule has 2 saturated carbocycles. The normalized spacial score (nSPS) is 31.1. The van der Waals surface area contributed by atoms with Crippen LogP contribution in [-0.2, 0) is 10.2 Å². The molecule has 0 aromatic rings. The maximum absolute atomic E-state index is 12.5. The molecule has 3 aliphatic rings. The van der Waals surface area contributed by atoms with Gasteiger partial charge in [-0.3, -0.25) is 0 Å². The lowest BCUT2D eigenvalue weighted by atomic mass is 10.0. The van der Waals surface area contributed by atoms with Crippen LogP contribution in [0.2, 0.25) is 0 Å². The minimum absolute atomic E-state index is 0.619. The highest BCUT2D eigenvalue weighted by Gasteiger charge is 2.42. The van der Waals surface area contributed by atoms with Crippen LogP contribution in [0.1, 0.15) is 38.5 Å². The van der Waals surface area contributed by atoms with Crippen LogP contribution in [0.3, 0.4) is 0 Å². The first-order valence-corrected chi connectivity index (χ1v) is 9.42. The van der Waals surface area contributed by atoms with Crippen LogP contribution in [0.5, 0.6) is 0 Å². The summed E-state index contributed by atoms with van der Waals surface area (Å²) in [4.78, 5) is 0. The molecular weight excluding hydrogens is 274 g/mol. The average molecular weight is 301 g/mol. The molecular formula is C14H27N3O2S. The minimum Gasteiger partial charge on any atom is -0.314 e. The van der Waals surface area contributed by atoms with Crippen LogP contribution < -0.4 is 5.32 Å². The van der Waals surface area contributed by atoms with E-state index in [4.69, 9.17) is 0 Å². The summed E-state index contributed by atoms with van der Waals surface area (Å²) in [6.07, 6.45) is 7.17. The monoisotopic (exact) mass is 301 g/mol. The Morgan fingerprint density at radius 2 is 1.80 bits per heavy atom. The van der Waals surface area contributed by atoms with E-state index >= 15 is 0 Å². The Kier molecular flexibility index (Phi) is 4.36. The summed E-state index contributed by atoms with van der Waals surface area (Å²) in [5, 5.41) is 3.43. The van der Waals surface area contributed by atoms with Gasteiger partial charge >= 0.3 is 0 Å². The van der Waals surface area contributed by atoms with Crippen LogP contribution in [0.15, 0.2) is 0 Å². The minimum atomic E-state index is -3.23. The molecule has 1 saturated heterocycles. The van der Waals surface area contributed by atoms with E-state index in [9.17, 15) is 8.42 Å². The topological polar surface area (TPSA) is 52.7 Å². The van der Waals surface area contributed by atoms with Gasteiger partial charge in [-0.05, 0) is 50.5 Å². The number of fused-ring (bicyclic) bond motifs is 1. The van der Waals surface area contributed by atoms with Crippen LogP contribution in [0, 0.1) is 11.8 Å². The van der Waals surface area contributed by atoms with E-state index in [0.717, 1.165) is 26.1 Å². The Morgan fingerprint density at radius 1 is 1.15 bits per heavy atom. The van der Waals surface area contributed by atoms with Crippen molar-refractivity contribution in [2.75, 3.05) is 33.2 Å². The summed E-state index contributed by atoms with van der Waals surface area (Å²) < 4.78 is 28.3. The summed E-state index contributed by atoms with van der Waals surface area (Å²) in [6, 6.07) is 0.704. The molecule has 0 bridgehead atoms. The van der Waals surface area contributed by atoms with Crippen molar-refractivity contribution in [3.05, 3.63) is 0 Å². The molecule has 0 aromatic heterocycles. The van der Waals surface area contributed by atoms with Gasteiger partial charge in [-0.2, -0.15) is 17.0 Å². The Bertz CT molecular complexity index is 424. The highest BCUT2D eigenvalue weighted by Crippen LogP contribution is 2.39. The van der Waals surface area contributed by atoms with Gasteiger partial charge in [0.15, 0.2) is 0 Å². The lowest BCUT2D eigenvalue weighted by Gasteiger charge is -2.24. The molecule has 2 atom stereocenters. The molecule has 3 fully saturated rings. The number of rotatable bonds is 7. The summed E-state index contributed by atoms with van der Waals surface area (Å²) in [6.45, 7) is 3.04. The predicted molar refractivity (Wildman–Crippen MR) is 79.6 cm³/mol. The first-order valence-electron chi connectivity index (χ1n) is 8.02. The number of hydrogen-bond acceptors (Lipinski definition) is 3. The van der Waals surface area contributed by atoms with E-state index < -0.39 is 10.2 Å². The molecule has 2 unspecified atom stereocenters. The molecule has 2 aliphatic carbocycles. The zero-order valence-corrected chi connectivity index (χ0v) is 13.2. The van der Waals surface area contributed by atoms with Crippen molar-refractivity contribution >= 4 is 10.2 Å². The number of nitrogens with one attached hydrogen (secondary N) is 1. The van der Waals surface area contributed by atoms with Crippen molar-refractivity contribution in [1.82, 2.24) is 13.9 Å². The van der Waals surface area contributed by atoms with Crippen molar-refractivity contribution in [1.29, 1.82) is 0 Å². The standard InChI is InChI=1S/C14H27N3O2S/c1-16(9-3-8-15-14-6-7-14)20(18,19)17-10-12-4-2-5-13(12)11-17/h12-15H,2-11H2,1H3. The molecule has 6 heteroatoms. The van der Waals surface area contributed by atoms with Crippen molar-refractivity contribution in [2.45, 2.75) is 44.6 Å². The van der Waals surface area contributed by atoms with Crippen LogP contribution in [0.4, 0.5) is 0 Å². The number of hydrogen-bond donors (Lipinski definition) is 1. The maximum Gasteiger partial charge on any atom is 0.281 e. The van der Waals surface area contributed by atoms with E-state index in [0.29, 0.717) is 24.4 Å². The van der Waals surface area contributed by atoms with Gasteiger partial charge in [0.05, 0.1) is 0 Å². The SMILES string of the molecule is CN(CCCNC1CC1)S(=O)(=O)N1CC2CCCC2C1. The summed E-state index contributed by atoms with van der Waals surface area (Å²) in [5.41, 5.74) is 0. The fraction of sp³-hybridized carbons (Fsp3) is 1.00. The zero-order valence-electron chi connectivity index (χ0n) is 12.4. The van der Waals surface area contributed by atoms with Gasteiger partial charge < -0.3 is 5.32 Å². The molecule has 20 heavy (non-hydrogen) atoms. The Morgan fingerprint density at radius 3 is 2.40 bits per heavy atom. The summed E-state index contributed by atoms with van der Waals surface area (Å²) in [5.74, 6) is 1.24. The molecule has 0 aromatic carbocycles. The third-order valence-corrected chi connectivity index (χ3v) is 6.99. The van der Waals surface area contributed by atoms with Crippen LogP contribution in [-0.4, -0.2) is 56.3 Å². The van der Waals surface area contributed by atoms with Gasteiger partial charge in [0.1, 0.15) is 0 Å². The number of nitrogens with zero attached hydrogens (tertiary/aromatic N) is 2. The lowest BCUT2D eigenvalue weighted by Crippen LogP contribution is -2.42. The fourth-order valence-corrected chi connectivity index (χ4v) is 5.10. The van der Waals surface area contributed by atoms with E-state index in [2.05, 4.69) is 5.32 Å². The second-order valence-electron chi connectivity index (χ2n) is 6.68. The van der Waals surface area contributed by atoms with E-state index in [-0.39, 0.29) is 0 Å². The second kappa shape index (κ2) is 5.91. The Balaban J connectivity index is 1.46. The maximum atomic E-state index is 12.5. The molecule has 0 spiro atoms. The Labute approximate surface area is 122 Å². The van der Waals surface area contributed by atoms with E-state index in [1.54, 1.807) is 15.7 Å². The van der Waals surface area contributed by atoms with Crippen LogP contribution >= 0.6 is 0 Å².